The third-order valence-corrected chi connectivity index (χ3v) is 2.90. The minimum atomic E-state index is -0.629. The van der Waals surface area contributed by atoms with Crippen LogP contribution in [0.5, 0.6) is 0 Å². The van der Waals surface area contributed by atoms with Crippen molar-refractivity contribution in [3.63, 3.8) is 0 Å². The van der Waals surface area contributed by atoms with Crippen LogP contribution < -0.4 is 0 Å². The van der Waals surface area contributed by atoms with Crippen LogP contribution in [0.1, 0.15) is 27.2 Å². The first-order valence-corrected chi connectivity index (χ1v) is 3.71. The van der Waals surface area contributed by atoms with Crippen molar-refractivity contribution in [1.29, 1.82) is 0 Å². The van der Waals surface area contributed by atoms with E-state index in [0.717, 1.165) is 6.42 Å². The fourth-order valence-corrected chi connectivity index (χ4v) is 1.39. The van der Waals surface area contributed by atoms with E-state index in [-0.39, 0.29) is 11.3 Å². The fraction of sp³-hybridized carbons (Fsp3) is 0.875. The molecule has 10 heavy (non-hydrogen) atoms. The summed E-state index contributed by atoms with van der Waals surface area (Å²) in [5.41, 5.74) is 0.0891. The number of hydrogen-bond acceptors (Lipinski definition) is 1. The first kappa shape index (κ1) is 7.58. The van der Waals surface area contributed by atoms with Gasteiger partial charge in [-0.3, -0.25) is 4.79 Å². The second-order valence-corrected chi connectivity index (χ2v) is 3.76. The van der Waals surface area contributed by atoms with E-state index in [1.54, 1.807) is 0 Å². The number of aliphatic carboxylic acids is 1. The number of carboxylic acids is 1. The number of carbonyl (C=O) groups is 1. The van der Waals surface area contributed by atoms with Gasteiger partial charge in [0.1, 0.15) is 0 Å². The Morgan fingerprint density at radius 3 is 2.30 bits per heavy atom. The summed E-state index contributed by atoms with van der Waals surface area (Å²) in [4.78, 5) is 10.5. The highest BCUT2D eigenvalue weighted by Gasteiger charge is 2.56. The average Bonchev–Trinajstić information content (AvgIpc) is 2.43. The van der Waals surface area contributed by atoms with Gasteiger partial charge in [0.2, 0.25) is 0 Å². The van der Waals surface area contributed by atoms with Crippen LogP contribution in [0.4, 0.5) is 0 Å². The lowest BCUT2D eigenvalue weighted by molar-refractivity contribution is -0.139. The third kappa shape index (κ3) is 0.917. The Morgan fingerprint density at radius 2 is 2.20 bits per heavy atom. The van der Waals surface area contributed by atoms with Crippen LogP contribution in [-0.4, -0.2) is 11.1 Å². The van der Waals surface area contributed by atoms with Crippen molar-refractivity contribution in [2.75, 3.05) is 0 Å². The summed E-state index contributed by atoms with van der Waals surface area (Å²) in [5.74, 6) is -0.211. The molecular weight excluding hydrogens is 128 g/mol. The van der Waals surface area contributed by atoms with Crippen LogP contribution in [0.3, 0.4) is 0 Å². The molecule has 1 N–H and O–H groups in total. The highest BCUT2D eigenvalue weighted by atomic mass is 16.4. The Hall–Kier alpha value is -0.530. The zero-order valence-corrected chi connectivity index (χ0v) is 6.72. The van der Waals surface area contributed by atoms with Gasteiger partial charge >= 0.3 is 5.97 Å². The van der Waals surface area contributed by atoms with Crippen LogP contribution in [0, 0.1) is 17.3 Å². The zero-order chi connectivity index (χ0) is 7.94. The molecule has 0 radical (unpaired) electrons. The van der Waals surface area contributed by atoms with Gasteiger partial charge in [0.25, 0.3) is 0 Å². The molecule has 2 atom stereocenters. The molecule has 0 aromatic carbocycles. The number of rotatable bonds is 2. The molecule has 0 heterocycles. The van der Waals surface area contributed by atoms with Gasteiger partial charge in [-0.1, -0.05) is 20.8 Å². The van der Waals surface area contributed by atoms with Gasteiger partial charge in [-0.15, -0.1) is 0 Å². The number of carboxylic acid groups (broad SMARTS) is 1. The van der Waals surface area contributed by atoms with E-state index < -0.39 is 5.97 Å². The molecule has 1 aliphatic carbocycles. The molecule has 0 saturated heterocycles. The van der Waals surface area contributed by atoms with E-state index in [1.165, 1.54) is 0 Å². The SMILES string of the molecule is CC(C)[C@]1(C)C[C@@H]1C(=O)O. The molecule has 2 nitrogen and oxygen atoms in total. The van der Waals surface area contributed by atoms with Crippen LogP contribution in [0.2, 0.25) is 0 Å². The lowest BCUT2D eigenvalue weighted by Crippen LogP contribution is -2.12. The average molecular weight is 142 g/mol. The molecule has 0 spiro atoms. The molecule has 0 aromatic heterocycles. The zero-order valence-electron chi connectivity index (χ0n) is 6.72. The molecule has 58 valence electrons. The third-order valence-electron chi connectivity index (χ3n) is 2.90. The van der Waals surface area contributed by atoms with E-state index >= 15 is 0 Å². The second kappa shape index (κ2) is 1.97. The molecule has 0 amide bonds. The van der Waals surface area contributed by atoms with Gasteiger partial charge in [-0.05, 0) is 17.8 Å². The Morgan fingerprint density at radius 1 is 1.70 bits per heavy atom. The van der Waals surface area contributed by atoms with Gasteiger partial charge in [-0.2, -0.15) is 0 Å². The molecule has 1 rings (SSSR count). The van der Waals surface area contributed by atoms with E-state index in [2.05, 4.69) is 20.8 Å². The minimum Gasteiger partial charge on any atom is -0.481 e. The largest absolute Gasteiger partial charge is 0.481 e. The lowest BCUT2D eigenvalue weighted by atomic mass is 9.92. The van der Waals surface area contributed by atoms with Crippen LogP contribution in [0.25, 0.3) is 0 Å². The van der Waals surface area contributed by atoms with E-state index in [4.69, 9.17) is 5.11 Å². The van der Waals surface area contributed by atoms with Gasteiger partial charge in [-0.25, -0.2) is 0 Å². The Balaban J connectivity index is 2.56. The summed E-state index contributed by atoms with van der Waals surface area (Å²) >= 11 is 0. The fourth-order valence-electron chi connectivity index (χ4n) is 1.39. The Labute approximate surface area is 61.2 Å². The lowest BCUT2D eigenvalue weighted by Gasteiger charge is -2.13. The monoisotopic (exact) mass is 142 g/mol. The molecule has 0 unspecified atom stereocenters. The van der Waals surface area contributed by atoms with Crippen LogP contribution >= 0.6 is 0 Å². The molecular formula is C8H14O2. The Bertz CT molecular complexity index is 163. The van der Waals surface area contributed by atoms with Crippen molar-refractivity contribution < 1.29 is 9.90 Å². The predicted octanol–water partition coefficient (Wildman–Crippen LogP) is 1.75. The topological polar surface area (TPSA) is 37.3 Å². The molecule has 0 bridgehead atoms. The molecule has 0 aliphatic heterocycles. The Kier molecular flexibility index (Phi) is 1.50. The summed E-state index contributed by atoms with van der Waals surface area (Å²) in [6, 6.07) is 0. The first-order chi connectivity index (χ1) is 4.48. The van der Waals surface area contributed by atoms with Crippen LogP contribution in [0.15, 0.2) is 0 Å². The maximum absolute atomic E-state index is 10.5. The van der Waals surface area contributed by atoms with Crippen molar-refractivity contribution in [2.24, 2.45) is 17.3 Å². The molecule has 1 fully saturated rings. The molecule has 1 saturated carbocycles. The van der Waals surface area contributed by atoms with E-state index in [0.29, 0.717) is 5.92 Å². The summed E-state index contributed by atoms with van der Waals surface area (Å²) in [6.45, 7) is 6.22. The standard InChI is InChI=1S/C8H14O2/c1-5(2)8(3)4-6(8)7(9)10/h5-6H,4H2,1-3H3,(H,9,10)/t6-,8+/m1/s1. The van der Waals surface area contributed by atoms with Gasteiger partial charge < -0.3 is 5.11 Å². The predicted molar refractivity (Wildman–Crippen MR) is 38.7 cm³/mol. The smallest absolute Gasteiger partial charge is 0.307 e. The van der Waals surface area contributed by atoms with Gasteiger partial charge in [0.05, 0.1) is 5.92 Å². The van der Waals surface area contributed by atoms with Crippen molar-refractivity contribution in [3.05, 3.63) is 0 Å². The van der Waals surface area contributed by atoms with E-state index in [1.807, 2.05) is 0 Å². The molecule has 1 aliphatic rings. The van der Waals surface area contributed by atoms with Crippen molar-refractivity contribution in [2.45, 2.75) is 27.2 Å². The minimum absolute atomic E-state index is 0.0764. The van der Waals surface area contributed by atoms with Crippen molar-refractivity contribution in [3.8, 4) is 0 Å². The van der Waals surface area contributed by atoms with Crippen molar-refractivity contribution >= 4 is 5.97 Å². The first-order valence-electron chi connectivity index (χ1n) is 3.71. The summed E-state index contributed by atoms with van der Waals surface area (Å²) < 4.78 is 0. The highest BCUT2D eigenvalue weighted by Crippen LogP contribution is 2.57. The number of hydrogen-bond donors (Lipinski definition) is 1. The van der Waals surface area contributed by atoms with Crippen molar-refractivity contribution in [1.82, 2.24) is 0 Å². The summed E-state index contributed by atoms with van der Waals surface area (Å²) in [7, 11) is 0. The normalized spacial score (nSPS) is 38.2. The molecule has 2 heteroatoms. The van der Waals surface area contributed by atoms with E-state index in [9.17, 15) is 4.79 Å². The second-order valence-electron chi connectivity index (χ2n) is 3.76. The van der Waals surface area contributed by atoms with Gasteiger partial charge in [0, 0.05) is 0 Å². The van der Waals surface area contributed by atoms with Crippen LogP contribution in [-0.2, 0) is 4.79 Å². The highest BCUT2D eigenvalue weighted by molar-refractivity contribution is 5.74. The summed E-state index contributed by atoms with van der Waals surface area (Å²) in [5, 5.41) is 8.64. The summed E-state index contributed by atoms with van der Waals surface area (Å²) in [6.07, 6.45) is 0.861. The molecule has 0 aromatic rings. The maximum Gasteiger partial charge on any atom is 0.307 e. The maximum atomic E-state index is 10.5. The quantitative estimate of drug-likeness (QED) is 0.637. The van der Waals surface area contributed by atoms with Gasteiger partial charge in [0.15, 0.2) is 0 Å².